The van der Waals surface area contributed by atoms with Crippen LogP contribution in [-0.4, -0.2) is 6.04 Å². The molecule has 0 aromatic carbocycles. The molecule has 66 valence electrons. The van der Waals surface area contributed by atoms with Crippen molar-refractivity contribution in [2.45, 2.75) is 51.5 Å². The maximum atomic E-state index is 5.85. The molecule has 11 heavy (non-hydrogen) atoms. The van der Waals surface area contributed by atoms with Crippen molar-refractivity contribution in [2.24, 2.45) is 5.73 Å². The van der Waals surface area contributed by atoms with E-state index in [1.54, 1.807) is 0 Å². The molecule has 0 radical (unpaired) electrons. The van der Waals surface area contributed by atoms with Crippen LogP contribution in [0.15, 0.2) is 12.7 Å². The highest BCUT2D eigenvalue weighted by molar-refractivity contribution is 4.71. The van der Waals surface area contributed by atoms with Crippen molar-refractivity contribution >= 4 is 0 Å². The highest BCUT2D eigenvalue weighted by Gasteiger charge is 1.99. The summed E-state index contributed by atoms with van der Waals surface area (Å²) in [6.45, 7) is 5.89. The third-order valence-electron chi connectivity index (χ3n) is 1.92. The minimum absolute atomic E-state index is 0.402. The number of hydrogen-bond acceptors (Lipinski definition) is 1. The summed E-state index contributed by atoms with van der Waals surface area (Å²) >= 11 is 0. The van der Waals surface area contributed by atoms with Gasteiger partial charge in [0, 0.05) is 6.04 Å². The number of allylic oxidation sites excluding steroid dienone is 1. The molecule has 0 amide bonds. The fourth-order valence-electron chi connectivity index (χ4n) is 1.13. The first-order valence-electron chi connectivity index (χ1n) is 4.67. The molecule has 1 atom stereocenters. The summed E-state index contributed by atoms with van der Waals surface area (Å²) in [6, 6.07) is 0.402. The van der Waals surface area contributed by atoms with Crippen molar-refractivity contribution in [2.75, 3.05) is 0 Å². The topological polar surface area (TPSA) is 26.0 Å². The molecule has 1 heteroatoms. The predicted octanol–water partition coefficient (Wildman–Crippen LogP) is 2.86. The molecule has 1 unspecified atom stereocenters. The summed E-state index contributed by atoms with van der Waals surface area (Å²) < 4.78 is 0. The third-order valence-corrected chi connectivity index (χ3v) is 1.92. The summed E-state index contributed by atoms with van der Waals surface area (Å²) in [4.78, 5) is 0. The Morgan fingerprint density at radius 1 is 1.36 bits per heavy atom. The maximum Gasteiger partial charge on any atom is 0.00417 e. The van der Waals surface area contributed by atoms with Gasteiger partial charge in [-0.25, -0.2) is 0 Å². The van der Waals surface area contributed by atoms with Crippen molar-refractivity contribution < 1.29 is 0 Å². The smallest absolute Gasteiger partial charge is 0.00417 e. The zero-order valence-corrected chi connectivity index (χ0v) is 7.68. The molecular weight excluding hydrogens is 134 g/mol. The van der Waals surface area contributed by atoms with Gasteiger partial charge >= 0.3 is 0 Å². The van der Waals surface area contributed by atoms with Crippen LogP contribution in [0.5, 0.6) is 0 Å². The first-order chi connectivity index (χ1) is 5.31. The first-order valence-corrected chi connectivity index (χ1v) is 4.67. The molecule has 0 saturated heterocycles. The second-order valence-electron chi connectivity index (χ2n) is 3.12. The van der Waals surface area contributed by atoms with Gasteiger partial charge in [-0.05, 0) is 19.3 Å². The SMILES string of the molecule is C=CCCC(N)CCCCC. The average Bonchev–Trinajstić information content (AvgIpc) is 2.01. The molecule has 0 saturated carbocycles. The minimum atomic E-state index is 0.402. The Bertz CT molecular complexity index is 88.9. The molecule has 0 bridgehead atoms. The lowest BCUT2D eigenvalue weighted by Crippen LogP contribution is -2.18. The zero-order valence-electron chi connectivity index (χ0n) is 7.68. The van der Waals surface area contributed by atoms with Crippen LogP contribution < -0.4 is 5.73 Å². The zero-order chi connectivity index (χ0) is 8.53. The van der Waals surface area contributed by atoms with Gasteiger partial charge in [-0.2, -0.15) is 0 Å². The van der Waals surface area contributed by atoms with Crippen LogP contribution in [0.25, 0.3) is 0 Å². The van der Waals surface area contributed by atoms with Gasteiger partial charge in [-0.15, -0.1) is 6.58 Å². The van der Waals surface area contributed by atoms with E-state index in [-0.39, 0.29) is 0 Å². The van der Waals surface area contributed by atoms with E-state index in [0.29, 0.717) is 6.04 Å². The molecule has 0 fully saturated rings. The lowest BCUT2D eigenvalue weighted by atomic mass is 10.1. The molecule has 0 aromatic rings. The Labute approximate surface area is 70.7 Å². The molecule has 0 heterocycles. The quantitative estimate of drug-likeness (QED) is 0.444. The van der Waals surface area contributed by atoms with Crippen molar-refractivity contribution in [1.29, 1.82) is 0 Å². The highest BCUT2D eigenvalue weighted by Crippen LogP contribution is 2.05. The highest BCUT2D eigenvalue weighted by atomic mass is 14.6. The van der Waals surface area contributed by atoms with Gasteiger partial charge in [0.25, 0.3) is 0 Å². The number of nitrogens with two attached hydrogens (primary N) is 1. The normalized spacial score (nSPS) is 12.9. The van der Waals surface area contributed by atoms with E-state index in [1.807, 2.05) is 6.08 Å². The van der Waals surface area contributed by atoms with Crippen molar-refractivity contribution in [3.05, 3.63) is 12.7 Å². The minimum Gasteiger partial charge on any atom is -0.328 e. The van der Waals surface area contributed by atoms with Gasteiger partial charge < -0.3 is 5.73 Å². The van der Waals surface area contributed by atoms with Gasteiger partial charge in [0.2, 0.25) is 0 Å². The number of rotatable bonds is 7. The van der Waals surface area contributed by atoms with E-state index in [9.17, 15) is 0 Å². The fraction of sp³-hybridized carbons (Fsp3) is 0.800. The molecule has 0 spiro atoms. The summed E-state index contributed by atoms with van der Waals surface area (Å²) in [5.74, 6) is 0. The van der Waals surface area contributed by atoms with E-state index in [1.165, 1.54) is 25.7 Å². The molecule has 0 rings (SSSR count). The standard InChI is InChI=1S/C10H21N/c1-3-5-7-9-10(11)8-6-4-2/h4,10H,2-3,5-9,11H2,1H3. The number of hydrogen-bond donors (Lipinski definition) is 1. The Hall–Kier alpha value is -0.300. The van der Waals surface area contributed by atoms with Crippen LogP contribution in [-0.2, 0) is 0 Å². The van der Waals surface area contributed by atoms with Crippen molar-refractivity contribution in [3.8, 4) is 0 Å². The Kier molecular flexibility index (Phi) is 7.59. The van der Waals surface area contributed by atoms with Gasteiger partial charge in [0.1, 0.15) is 0 Å². The summed E-state index contributed by atoms with van der Waals surface area (Å²) in [6.07, 6.45) is 9.19. The summed E-state index contributed by atoms with van der Waals surface area (Å²) in [5, 5.41) is 0. The van der Waals surface area contributed by atoms with Crippen molar-refractivity contribution in [3.63, 3.8) is 0 Å². The fourth-order valence-corrected chi connectivity index (χ4v) is 1.13. The maximum absolute atomic E-state index is 5.85. The van der Waals surface area contributed by atoms with Crippen molar-refractivity contribution in [1.82, 2.24) is 0 Å². The monoisotopic (exact) mass is 155 g/mol. The van der Waals surface area contributed by atoms with Crippen LogP contribution in [0.1, 0.15) is 45.4 Å². The van der Waals surface area contributed by atoms with Gasteiger partial charge in [0.15, 0.2) is 0 Å². The van der Waals surface area contributed by atoms with E-state index in [0.717, 1.165) is 12.8 Å². The van der Waals surface area contributed by atoms with Gasteiger partial charge in [-0.3, -0.25) is 0 Å². The Balaban J connectivity index is 3.08. The molecule has 0 aliphatic heterocycles. The molecule has 0 aromatic heterocycles. The Morgan fingerprint density at radius 2 is 2.09 bits per heavy atom. The lowest BCUT2D eigenvalue weighted by Gasteiger charge is -2.08. The first kappa shape index (κ1) is 10.7. The molecular formula is C10H21N. The summed E-state index contributed by atoms with van der Waals surface area (Å²) in [7, 11) is 0. The second kappa shape index (κ2) is 7.80. The molecule has 1 nitrogen and oxygen atoms in total. The van der Waals surface area contributed by atoms with Crippen LogP contribution >= 0.6 is 0 Å². The van der Waals surface area contributed by atoms with E-state index < -0.39 is 0 Å². The molecule has 0 aliphatic carbocycles. The van der Waals surface area contributed by atoms with Gasteiger partial charge in [0.05, 0.1) is 0 Å². The summed E-state index contributed by atoms with van der Waals surface area (Å²) in [5.41, 5.74) is 5.85. The van der Waals surface area contributed by atoms with Crippen LogP contribution in [0.4, 0.5) is 0 Å². The van der Waals surface area contributed by atoms with Crippen LogP contribution in [0, 0.1) is 0 Å². The van der Waals surface area contributed by atoms with E-state index >= 15 is 0 Å². The predicted molar refractivity (Wildman–Crippen MR) is 51.5 cm³/mol. The Morgan fingerprint density at radius 3 is 2.64 bits per heavy atom. The molecule has 0 aliphatic rings. The van der Waals surface area contributed by atoms with Gasteiger partial charge in [-0.1, -0.05) is 32.3 Å². The average molecular weight is 155 g/mol. The van der Waals surface area contributed by atoms with Crippen LogP contribution in [0.2, 0.25) is 0 Å². The number of unbranched alkanes of at least 4 members (excludes halogenated alkanes) is 2. The largest absolute Gasteiger partial charge is 0.328 e. The second-order valence-corrected chi connectivity index (χ2v) is 3.12. The van der Waals surface area contributed by atoms with E-state index in [2.05, 4.69) is 13.5 Å². The van der Waals surface area contributed by atoms with E-state index in [4.69, 9.17) is 5.73 Å². The molecule has 2 N–H and O–H groups in total. The van der Waals surface area contributed by atoms with Crippen LogP contribution in [0.3, 0.4) is 0 Å². The lowest BCUT2D eigenvalue weighted by molar-refractivity contribution is 0.533. The third kappa shape index (κ3) is 7.60.